The van der Waals surface area contributed by atoms with Gasteiger partial charge >= 0.3 is 0 Å². The predicted molar refractivity (Wildman–Crippen MR) is 106 cm³/mol. The molecule has 0 aliphatic carbocycles. The Morgan fingerprint density at radius 1 is 0.692 bits per heavy atom. The van der Waals surface area contributed by atoms with Gasteiger partial charge in [0.25, 0.3) is 0 Å². The van der Waals surface area contributed by atoms with Gasteiger partial charge in [-0.1, -0.05) is 60.7 Å². The summed E-state index contributed by atoms with van der Waals surface area (Å²) in [5.41, 5.74) is 2.85. The third-order valence-corrected chi connectivity index (χ3v) is 4.85. The van der Waals surface area contributed by atoms with E-state index in [2.05, 4.69) is 41.4 Å². The van der Waals surface area contributed by atoms with Gasteiger partial charge in [-0.25, -0.2) is 4.98 Å². The summed E-state index contributed by atoms with van der Waals surface area (Å²) in [4.78, 5) is 4.20. The molecule has 0 fully saturated rings. The van der Waals surface area contributed by atoms with E-state index in [0.29, 0.717) is 0 Å². The van der Waals surface area contributed by atoms with E-state index in [9.17, 15) is 5.11 Å². The largest absolute Gasteiger partial charge is 0.507 e. The van der Waals surface area contributed by atoms with E-state index in [0.717, 1.165) is 38.4 Å². The Morgan fingerprint density at radius 3 is 2.04 bits per heavy atom. The van der Waals surface area contributed by atoms with Gasteiger partial charge in [0.05, 0.1) is 12.0 Å². The van der Waals surface area contributed by atoms with E-state index >= 15 is 0 Å². The molecule has 0 atom stereocenters. The molecule has 1 N–H and O–H groups in total. The second-order valence-electron chi connectivity index (χ2n) is 6.33. The van der Waals surface area contributed by atoms with Crippen LogP contribution in [0.2, 0.25) is 0 Å². The van der Waals surface area contributed by atoms with E-state index < -0.39 is 0 Å². The molecule has 0 spiro atoms. The number of imidazole rings is 1. The quantitative estimate of drug-likeness (QED) is 0.459. The summed E-state index contributed by atoms with van der Waals surface area (Å²) in [5, 5.41) is 15.2. The molecule has 3 heteroatoms. The molecule has 4 aromatic carbocycles. The maximum Gasteiger partial charge on any atom is 0.124 e. The molecule has 0 unspecified atom stereocenters. The molecular formula is C23H16N2O. The summed E-state index contributed by atoms with van der Waals surface area (Å²) in [5.74, 6) is 0.279. The second-order valence-corrected chi connectivity index (χ2v) is 6.33. The Balaban J connectivity index is 1.99. The van der Waals surface area contributed by atoms with Crippen LogP contribution in [0.3, 0.4) is 0 Å². The van der Waals surface area contributed by atoms with Crippen molar-refractivity contribution in [3.8, 4) is 22.6 Å². The summed E-state index contributed by atoms with van der Waals surface area (Å²) in [7, 11) is 0. The Kier molecular flexibility index (Phi) is 3.25. The van der Waals surface area contributed by atoms with Crippen molar-refractivity contribution < 1.29 is 5.11 Å². The van der Waals surface area contributed by atoms with Crippen molar-refractivity contribution >= 4 is 21.5 Å². The van der Waals surface area contributed by atoms with Crippen molar-refractivity contribution in [3.05, 3.63) is 91.5 Å². The van der Waals surface area contributed by atoms with Crippen molar-refractivity contribution in [2.45, 2.75) is 0 Å². The van der Waals surface area contributed by atoms with Gasteiger partial charge in [-0.15, -0.1) is 0 Å². The summed E-state index contributed by atoms with van der Waals surface area (Å²) >= 11 is 0. The fraction of sp³-hybridized carbons (Fsp3) is 0. The summed E-state index contributed by atoms with van der Waals surface area (Å²) in [6, 6.07) is 24.3. The van der Waals surface area contributed by atoms with Crippen LogP contribution in [0.1, 0.15) is 0 Å². The Hall–Kier alpha value is -3.59. The molecule has 0 amide bonds. The summed E-state index contributed by atoms with van der Waals surface area (Å²) in [6.45, 7) is 0. The highest BCUT2D eigenvalue weighted by Crippen LogP contribution is 2.43. The van der Waals surface area contributed by atoms with Crippen LogP contribution in [0.15, 0.2) is 91.5 Å². The molecule has 0 bridgehead atoms. The highest BCUT2D eigenvalue weighted by molar-refractivity contribution is 6.10. The number of aromatic hydroxyl groups is 1. The van der Waals surface area contributed by atoms with Gasteiger partial charge in [-0.2, -0.15) is 0 Å². The molecule has 0 aliphatic heterocycles. The Bertz CT molecular complexity index is 1240. The summed E-state index contributed by atoms with van der Waals surface area (Å²) in [6.07, 6.45) is 5.48. The zero-order valence-electron chi connectivity index (χ0n) is 14.0. The molecule has 1 aromatic heterocycles. The monoisotopic (exact) mass is 336 g/mol. The minimum atomic E-state index is 0.279. The minimum absolute atomic E-state index is 0.279. The van der Waals surface area contributed by atoms with Crippen LogP contribution in [-0.4, -0.2) is 14.7 Å². The SMILES string of the molecule is Oc1ccc2ccccc2c1-c1c(-n2ccnc2)ccc2ccccc12. The lowest BCUT2D eigenvalue weighted by Crippen LogP contribution is -1.96. The van der Waals surface area contributed by atoms with Gasteiger partial charge in [0, 0.05) is 23.5 Å². The molecular weight excluding hydrogens is 320 g/mol. The third kappa shape index (κ3) is 2.18. The summed E-state index contributed by atoms with van der Waals surface area (Å²) < 4.78 is 1.99. The molecule has 26 heavy (non-hydrogen) atoms. The molecule has 5 aromatic rings. The lowest BCUT2D eigenvalue weighted by Gasteiger charge is -2.17. The highest BCUT2D eigenvalue weighted by atomic mass is 16.3. The van der Waals surface area contributed by atoms with Crippen molar-refractivity contribution in [2.75, 3.05) is 0 Å². The number of rotatable bonds is 2. The highest BCUT2D eigenvalue weighted by Gasteiger charge is 2.17. The van der Waals surface area contributed by atoms with Crippen LogP contribution in [0.4, 0.5) is 0 Å². The number of hydrogen-bond donors (Lipinski definition) is 1. The second kappa shape index (κ2) is 5.74. The predicted octanol–water partition coefficient (Wildman–Crippen LogP) is 5.55. The van der Waals surface area contributed by atoms with Crippen molar-refractivity contribution in [2.24, 2.45) is 0 Å². The normalized spacial score (nSPS) is 11.2. The number of hydrogen-bond acceptors (Lipinski definition) is 2. The lowest BCUT2D eigenvalue weighted by atomic mass is 9.91. The van der Waals surface area contributed by atoms with Gasteiger partial charge in [-0.3, -0.25) is 0 Å². The number of nitrogens with zero attached hydrogens (tertiary/aromatic N) is 2. The zero-order valence-corrected chi connectivity index (χ0v) is 14.0. The van der Waals surface area contributed by atoms with E-state index in [1.807, 2.05) is 41.1 Å². The molecule has 0 saturated heterocycles. The van der Waals surface area contributed by atoms with Crippen molar-refractivity contribution in [1.29, 1.82) is 0 Å². The first-order chi connectivity index (χ1) is 12.8. The van der Waals surface area contributed by atoms with Gasteiger partial charge in [0.15, 0.2) is 0 Å². The van der Waals surface area contributed by atoms with Crippen LogP contribution in [0, 0.1) is 0 Å². The molecule has 5 rings (SSSR count). The average molecular weight is 336 g/mol. The Labute approximate surface area is 150 Å². The first-order valence-electron chi connectivity index (χ1n) is 8.54. The van der Waals surface area contributed by atoms with Crippen LogP contribution < -0.4 is 0 Å². The number of phenols is 1. The zero-order chi connectivity index (χ0) is 17.5. The molecule has 0 saturated carbocycles. The van der Waals surface area contributed by atoms with E-state index in [1.165, 1.54) is 0 Å². The minimum Gasteiger partial charge on any atom is -0.507 e. The Morgan fingerprint density at radius 2 is 1.35 bits per heavy atom. The first-order valence-corrected chi connectivity index (χ1v) is 8.54. The van der Waals surface area contributed by atoms with Crippen LogP contribution in [-0.2, 0) is 0 Å². The fourth-order valence-corrected chi connectivity index (χ4v) is 3.66. The molecule has 124 valence electrons. The van der Waals surface area contributed by atoms with Gasteiger partial charge < -0.3 is 9.67 Å². The number of fused-ring (bicyclic) bond motifs is 2. The topological polar surface area (TPSA) is 38.0 Å². The molecule has 3 nitrogen and oxygen atoms in total. The molecule has 1 heterocycles. The average Bonchev–Trinajstić information content (AvgIpc) is 3.22. The van der Waals surface area contributed by atoms with Crippen LogP contribution in [0.25, 0.3) is 38.4 Å². The van der Waals surface area contributed by atoms with Crippen LogP contribution >= 0.6 is 0 Å². The number of aromatic nitrogens is 2. The molecule has 0 aliphatic rings. The number of phenolic OH excluding ortho intramolecular Hbond substituents is 1. The van der Waals surface area contributed by atoms with E-state index in [4.69, 9.17) is 0 Å². The van der Waals surface area contributed by atoms with E-state index in [-0.39, 0.29) is 5.75 Å². The van der Waals surface area contributed by atoms with E-state index in [1.54, 1.807) is 18.6 Å². The van der Waals surface area contributed by atoms with Crippen LogP contribution in [0.5, 0.6) is 5.75 Å². The smallest absolute Gasteiger partial charge is 0.124 e. The van der Waals surface area contributed by atoms with Crippen molar-refractivity contribution in [3.63, 3.8) is 0 Å². The fourth-order valence-electron chi connectivity index (χ4n) is 3.66. The maximum absolute atomic E-state index is 10.8. The molecule has 0 radical (unpaired) electrons. The number of benzene rings is 4. The van der Waals surface area contributed by atoms with Gasteiger partial charge in [0.2, 0.25) is 0 Å². The first kappa shape index (κ1) is 14.7. The maximum atomic E-state index is 10.8. The standard InChI is InChI=1S/C23H16N2O/c26-21-12-10-17-6-2-4-8-19(17)23(21)22-18-7-3-1-5-16(18)9-11-20(22)25-14-13-24-15-25/h1-15,26H. The lowest BCUT2D eigenvalue weighted by molar-refractivity contribution is 0.478. The third-order valence-electron chi connectivity index (χ3n) is 4.85. The van der Waals surface area contributed by atoms with Gasteiger partial charge in [-0.05, 0) is 33.7 Å². The van der Waals surface area contributed by atoms with Crippen molar-refractivity contribution in [1.82, 2.24) is 9.55 Å². The van der Waals surface area contributed by atoms with Gasteiger partial charge in [0.1, 0.15) is 5.75 Å².